The summed E-state index contributed by atoms with van der Waals surface area (Å²) in [5.74, 6) is 1.43. The first kappa shape index (κ1) is 36.2. The predicted octanol–water partition coefficient (Wildman–Crippen LogP) is 15.0. The molecule has 0 saturated heterocycles. The van der Waals surface area contributed by atoms with E-state index >= 15 is 0 Å². The summed E-state index contributed by atoms with van der Waals surface area (Å²) in [7, 11) is 0. The van der Waals surface area contributed by atoms with Crippen LogP contribution in [0.25, 0.3) is 110 Å². The summed E-state index contributed by atoms with van der Waals surface area (Å²) >= 11 is 1.72. The van der Waals surface area contributed by atoms with Crippen LogP contribution in [0.3, 0.4) is 0 Å². The zero-order chi connectivity index (χ0) is 40.5. The Morgan fingerprint density at radius 1 is 0.279 bits per heavy atom. The lowest BCUT2D eigenvalue weighted by atomic mass is 9.94. The molecule has 0 aliphatic heterocycles. The van der Waals surface area contributed by atoms with E-state index in [1.165, 1.54) is 10.1 Å². The van der Waals surface area contributed by atoms with Crippen LogP contribution in [0.2, 0.25) is 0 Å². The molecule has 61 heavy (non-hydrogen) atoms. The maximum Gasteiger partial charge on any atom is 0.161 e. The fourth-order valence-electron chi connectivity index (χ4n) is 8.08. The van der Waals surface area contributed by atoms with Crippen molar-refractivity contribution in [2.45, 2.75) is 0 Å². The van der Waals surface area contributed by atoms with E-state index in [4.69, 9.17) is 19.9 Å². The molecule has 0 unspecified atom stereocenters. The Morgan fingerprint density at radius 2 is 0.672 bits per heavy atom. The summed E-state index contributed by atoms with van der Waals surface area (Å²) in [6.45, 7) is 0. The number of nitrogens with zero attached hydrogens (tertiary/aromatic N) is 4. The molecule has 0 atom stereocenters. The van der Waals surface area contributed by atoms with Crippen LogP contribution in [0.4, 0.5) is 0 Å². The Balaban J connectivity index is 0.945. The third-order valence-corrected chi connectivity index (χ3v) is 12.2. The number of aromatic nitrogens is 4. The van der Waals surface area contributed by atoms with Crippen molar-refractivity contribution in [3.8, 4) is 89.9 Å². The average molecular weight is 797 g/mol. The fourth-order valence-corrected chi connectivity index (χ4v) is 9.15. The quantitative estimate of drug-likeness (QED) is 0.154. The summed E-state index contributed by atoms with van der Waals surface area (Å²) in [4.78, 5) is 21.5. The molecule has 5 heteroatoms. The van der Waals surface area contributed by atoms with Crippen LogP contribution in [-0.2, 0) is 0 Å². The molecule has 0 aliphatic carbocycles. The predicted molar refractivity (Wildman–Crippen MR) is 254 cm³/mol. The Labute approximate surface area is 358 Å². The van der Waals surface area contributed by atoms with Crippen LogP contribution in [0.15, 0.2) is 218 Å². The molecule has 11 aromatic rings. The molecule has 0 aliphatic rings. The smallest absolute Gasteiger partial charge is 0.161 e. The largest absolute Gasteiger partial charge is 0.228 e. The van der Waals surface area contributed by atoms with Crippen LogP contribution in [0.1, 0.15) is 0 Å². The van der Waals surface area contributed by atoms with E-state index in [2.05, 4.69) is 164 Å². The molecule has 4 nitrogen and oxygen atoms in total. The number of benzene rings is 8. The van der Waals surface area contributed by atoms with Gasteiger partial charge in [-0.3, -0.25) is 0 Å². The molecule has 0 amide bonds. The topological polar surface area (TPSA) is 51.6 Å². The zero-order valence-corrected chi connectivity index (χ0v) is 33.8. The minimum absolute atomic E-state index is 0.694. The maximum absolute atomic E-state index is 5.25. The monoisotopic (exact) mass is 796 g/mol. The van der Waals surface area contributed by atoms with Gasteiger partial charge in [0.15, 0.2) is 11.6 Å². The standard InChI is InChI=1S/C56H36N4S/c1-4-16-37(17-5-1)49-36-50(38-18-6-2-7-19-38)58-55(57-49)47-29-15-27-45(35-47)43-25-13-23-41(33-43)40-22-12-24-42(32-40)44-26-14-28-46(34-44)53-52-48-30-10-11-31-51(48)61-56(52)60-54(59-53)39-20-8-3-9-21-39/h1-36H. The molecule has 0 saturated carbocycles. The SMILES string of the molecule is c1ccc(-c2cc(-c3ccccc3)nc(-c3cccc(-c4cccc(-c5cccc(-c6cccc(-c7nc(-c8ccccc8)nc8sc9ccccc9c78)c6)c5)c4)c3)n2)cc1. The molecular weight excluding hydrogens is 761 g/mol. The lowest BCUT2D eigenvalue weighted by Crippen LogP contribution is -1.96. The van der Waals surface area contributed by atoms with E-state index in [-0.39, 0.29) is 0 Å². The number of fused-ring (bicyclic) bond motifs is 3. The van der Waals surface area contributed by atoms with Crippen LogP contribution in [0.5, 0.6) is 0 Å². The molecule has 3 heterocycles. The van der Waals surface area contributed by atoms with Crippen LogP contribution in [0, 0.1) is 0 Å². The van der Waals surface area contributed by atoms with Gasteiger partial charge in [-0.15, -0.1) is 11.3 Å². The van der Waals surface area contributed by atoms with Gasteiger partial charge in [-0.25, -0.2) is 19.9 Å². The second kappa shape index (κ2) is 15.7. The summed E-state index contributed by atoms with van der Waals surface area (Å²) in [6.07, 6.45) is 0. The van der Waals surface area contributed by atoms with Crippen molar-refractivity contribution < 1.29 is 0 Å². The van der Waals surface area contributed by atoms with Gasteiger partial charge in [0, 0.05) is 43.3 Å². The summed E-state index contributed by atoms with van der Waals surface area (Å²) in [6, 6.07) is 76.4. The van der Waals surface area contributed by atoms with Crippen molar-refractivity contribution in [1.29, 1.82) is 0 Å². The molecule has 0 N–H and O–H groups in total. The van der Waals surface area contributed by atoms with E-state index in [1.807, 2.05) is 54.6 Å². The number of hydrogen-bond acceptors (Lipinski definition) is 5. The molecule has 11 rings (SSSR count). The highest BCUT2D eigenvalue weighted by atomic mass is 32.1. The number of hydrogen-bond donors (Lipinski definition) is 0. The lowest BCUT2D eigenvalue weighted by Gasteiger charge is -2.12. The van der Waals surface area contributed by atoms with Crippen molar-refractivity contribution in [2.24, 2.45) is 0 Å². The Kier molecular flexibility index (Phi) is 9.34. The average Bonchev–Trinajstić information content (AvgIpc) is 3.73. The van der Waals surface area contributed by atoms with Crippen molar-refractivity contribution in [3.63, 3.8) is 0 Å². The van der Waals surface area contributed by atoms with Gasteiger partial charge in [-0.05, 0) is 69.8 Å². The molecular formula is C56H36N4S. The fraction of sp³-hybridized carbons (Fsp3) is 0. The zero-order valence-electron chi connectivity index (χ0n) is 33.0. The number of rotatable bonds is 8. The Morgan fingerprint density at radius 3 is 1.21 bits per heavy atom. The van der Waals surface area contributed by atoms with Gasteiger partial charge < -0.3 is 0 Å². The van der Waals surface area contributed by atoms with Gasteiger partial charge in [0.25, 0.3) is 0 Å². The van der Waals surface area contributed by atoms with Crippen LogP contribution in [-0.4, -0.2) is 19.9 Å². The summed E-state index contributed by atoms with van der Waals surface area (Å²) in [5.41, 5.74) is 14.7. The van der Waals surface area contributed by atoms with Gasteiger partial charge in [0.1, 0.15) is 4.83 Å². The van der Waals surface area contributed by atoms with Crippen molar-refractivity contribution in [2.75, 3.05) is 0 Å². The van der Waals surface area contributed by atoms with Crippen molar-refractivity contribution in [3.05, 3.63) is 218 Å². The first-order valence-electron chi connectivity index (χ1n) is 20.4. The highest BCUT2D eigenvalue weighted by Crippen LogP contribution is 2.41. The molecule has 0 bridgehead atoms. The molecule has 3 aromatic heterocycles. The minimum atomic E-state index is 0.694. The van der Waals surface area contributed by atoms with Gasteiger partial charge >= 0.3 is 0 Å². The molecule has 0 fully saturated rings. The second-order valence-electron chi connectivity index (χ2n) is 15.1. The van der Waals surface area contributed by atoms with Gasteiger partial charge in [-0.1, -0.05) is 182 Å². The number of thiophene rings is 1. The molecule has 8 aromatic carbocycles. The Bertz CT molecular complexity index is 3300. The highest BCUT2D eigenvalue weighted by Gasteiger charge is 2.18. The summed E-state index contributed by atoms with van der Waals surface area (Å²) in [5, 5.41) is 2.28. The van der Waals surface area contributed by atoms with E-state index in [1.54, 1.807) is 11.3 Å². The van der Waals surface area contributed by atoms with E-state index < -0.39 is 0 Å². The first-order valence-corrected chi connectivity index (χ1v) is 21.2. The molecule has 0 radical (unpaired) electrons. The van der Waals surface area contributed by atoms with E-state index in [0.29, 0.717) is 5.82 Å². The lowest BCUT2D eigenvalue weighted by molar-refractivity contribution is 1.18. The first-order chi connectivity index (χ1) is 30.2. The maximum atomic E-state index is 5.25. The van der Waals surface area contributed by atoms with Crippen molar-refractivity contribution >= 4 is 31.6 Å². The minimum Gasteiger partial charge on any atom is -0.228 e. The van der Waals surface area contributed by atoms with E-state index in [0.717, 1.165) is 94.3 Å². The normalized spacial score (nSPS) is 11.3. The van der Waals surface area contributed by atoms with Crippen LogP contribution >= 0.6 is 11.3 Å². The van der Waals surface area contributed by atoms with Gasteiger partial charge in [-0.2, -0.15) is 0 Å². The van der Waals surface area contributed by atoms with Gasteiger partial charge in [0.05, 0.1) is 17.1 Å². The highest BCUT2D eigenvalue weighted by molar-refractivity contribution is 7.25. The third kappa shape index (κ3) is 7.18. The van der Waals surface area contributed by atoms with Gasteiger partial charge in [0.2, 0.25) is 0 Å². The van der Waals surface area contributed by atoms with Crippen LogP contribution < -0.4 is 0 Å². The van der Waals surface area contributed by atoms with E-state index in [9.17, 15) is 0 Å². The summed E-state index contributed by atoms with van der Waals surface area (Å²) < 4.78 is 1.21. The molecule has 0 spiro atoms. The molecule has 286 valence electrons. The second-order valence-corrected chi connectivity index (χ2v) is 16.1. The van der Waals surface area contributed by atoms with Crippen molar-refractivity contribution in [1.82, 2.24) is 19.9 Å². The Hall–Kier alpha value is -7.86. The third-order valence-electron chi connectivity index (χ3n) is 11.1.